The summed E-state index contributed by atoms with van der Waals surface area (Å²) in [6.07, 6.45) is 0. The van der Waals surface area contributed by atoms with Gasteiger partial charge in [-0.3, -0.25) is 4.79 Å². The molecule has 1 atom stereocenters. The molecule has 0 aliphatic carbocycles. The van der Waals surface area contributed by atoms with Gasteiger partial charge in [0.2, 0.25) is 5.91 Å². The highest BCUT2D eigenvalue weighted by molar-refractivity contribution is 6.30. The summed E-state index contributed by atoms with van der Waals surface area (Å²) < 4.78 is 1.64. The first-order chi connectivity index (χ1) is 12.8. The average Bonchev–Trinajstić information content (AvgIpc) is 2.95. The van der Waals surface area contributed by atoms with Gasteiger partial charge in [-0.1, -0.05) is 11.6 Å². The second kappa shape index (κ2) is 7.63. The Morgan fingerprint density at radius 1 is 1.15 bits per heavy atom. The zero-order chi connectivity index (χ0) is 19.6. The van der Waals surface area contributed by atoms with Crippen molar-refractivity contribution in [2.75, 3.05) is 10.6 Å². The number of nitrogens with one attached hydrogen (secondary N) is 2. The molecule has 2 heterocycles. The highest BCUT2D eigenvalue weighted by Gasteiger charge is 2.14. The number of hydrogen-bond donors (Lipinski definition) is 3. The zero-order valence-electron chi connectivity index (χ0n) is 15.2. The maximum absolute atomic E-state index is 11.4. The minimum Gasteiger partial charge on any atom is -0.368 e. The molecule has 4 N–H and O–H groups in total. The summed E-state index contributed by atoms with van der Waals surface area (Å²) in [6, 6.07) is 10.3. The third-order valence-corrected chi connectivity index (χ3v) is 4.07. The molecule has 9 heteroatoms. The van der Waals surface area contributed by atoms with Crippen LogP contribution in [0.4, 0.5) is 17.3 Å². The first-order valence-electron chi connectivity index (χ1n) is 8.33. The van der Waals surface area contributed by atoms with Crippen molar-refractivity contribution >= 4 is 34.8 Å². The van der Waals surface area contributed by atoms with Gasteiger partial charge in [0.15, 0.2) is 0 Å². The van der Waals surface area contributed by atoms with Gasteiger partial charge in [0.25, 0.3) is 5.95 Å². The summed E-state index contributed by atoms with van der Waals surface area (Å²) in [7, 11) is 0. The van der Waals surface area contributed by atoms with Gasteiger partial charge in [0.1, 0.15) is 17.7 Å². The second-order valence-corrected chi connectivity index (χ2v) is 6.61. The molecule has 0 bridgehead atoms. The lowest BCUT2D eigenvalue weighted by molar-refractivity contribution is -0.118. The van der Waals surface area contributed by atoms with Crippen LogP contribution in [0.15, 0.2) is 36.4 Å². The van der Waals surface area contributed by atoms with Crippen LogP contribution in [0.25, 0.3) is 5.95 Å². The molecular formula is C18H20ClN7O. The van der Waals surface area contributed by atoms with Crippen molar-refractivity contribution in [2.24, 2.45) is 5.73 Å². The smallest absolute Gasteiger partial charge is 0.254 e. The first kappa shape index (κ1) is 18.7. The summed E-state index contributed by atoms with van der Waals surface area (Å²) in [6.45, 7) is 5.48. The van der Waals surface area contributed by atoms with Gasteiger partial charge in [0.05, 0.1) is 5.69 Å². The van der Waals surface area contributed by atoms with Crippen LogP contribution in [0.5, 0.6) is 0 Å². The van der Waals surface area contributed by atoms with E-state index in [9.17, 15) is 4.79 Å². The molecule has 27 heavy (non-hydrogen) atoms. The standard InChI is InChI=1S/C18H20ClN7O/c1-10-8-11(2)26(25-10)18-23-15(21-12(3)17(20)27)9-16(24-18)22-14-6-4-13(19)5-7-14/h4-9,12H,1-3H3,(H2,20,27)(H2,21,22,23,24)/t12-/m0/s1. The van der Waals surface area contributed by atoms with Crippen LogP contribution in [-0.4, -0.2) is 31.7 Å². The number of hydrogen-bond acceptors (Lipinski definition) is 6. The number of halogens is 1. The molecule has 0 saturated carbocycles. The average molecular weight is 386 g/mol. The highest BCUT2D eigenvalue weighted by Crippen LogP contribution is 2.21. The number of rotatable bonds is 6. The number of nitrogens with zero attached hydrogens (tertiary/aromatic N) is 4. The van der Waals surface area contributed by atoms with E-state index in [2.05, 4.69) is 25.7 Å². The Balaban J connectivity index is 2.00. The molecule has 0 spiro atoms. The number of aromatic nitrogens is 4. The Kier molecular flexibility index (Phi) is 5.27. The molecule has 140 valence electrons. The summed E-state index contributed by atoms with van der Waals surface area (Å²) in [4.78, 5) is 20.4. The molecule has 0 aliphatic heterocycles. The third-order valence-electron chi connectivity index (χ3n) is 3.82. The fourth-order valence-corrected chi connectivity index (χ4v) is 2.60. The lowest BCUT2D eigenvalue weighted by atomic mass is 10.3. The number of anilines is 3. The molecule has 0 aliphatic rings. The largest absolute Gasteiger partial charge is 0.368 e. The Morgan fingerprint density at radius 2 is 1.81 bits per heavy atom. The van der Waals surface area contributed by atoms with E-state index in [1.54, 1.807) is 29.8 Å². The number of primary amides is 1. The van der Waals surface area contributed by atoms with Gasteiger partial charge in [-0.25, -0.2) is 4.68 Å². The topological polar surface area (TPSA) is 111 Å². The minimum absolute atomic E-state index is 0.374. The molecule has 2 aromatic heterocycles. The third kappa shape index (κ3) is 4.53. The predicted molar refractivity (Wildman–Crippen MR) is 106 cm³/mol. The van der Waals surface area contributed by atoms with Crippen LogP contribution in [0.2, 0.25) is 5.02 Å². The van der Waals surface area contributed by atoms with E-state index in [1.165, 1.54) is 0 Å². The Bertz CT molecular complexity index is 968. The molecule has 0 unspecified atom stereocenters. The molecule has 0 radical (unpaired) electrons. The molecule has 3 aromatic rings. The molecule has 3 rings (SSSR count). The van der Waals surface area contributed by atoms with Crippen LogP contribution < -0.4 is 16.4 Å². The van der Waals surface area contributed by atoms with E-state index >= 15 is 0 Å². The summed E-state index contributed by atoms with van der Waals surface area (Å²) in [5.74, 6) is 0.886. The molecule has 0 fully saturated rings. The van der Waals surface area contributed by atoms with E-state index in [0.717, 1.165) is 17.1 Å². The van der Waals surface area contributed by atoms with E-state index in [1.807, 2.05) is 32.0 Å². The van der Waals surface area contributed by atoms with Crippen molar-refractivity contribution in [1.82, 2.24) is 19.7 Å². The number of nitrogens with two attached hydrogens (primary N) is 1. The maximum atomic E-state index is 11.4. The van der Waals surface area contributed by atoms with E-state index in [4.69, 9.17) is 17.3 Å². The Labute approximate surface area is 161 Å². The van der Waals surface area contributed by atoms with Crippen LogP contribution in [-0.2, 0) is 4.79 Å². The number of carbonyl (C=O) groups excluding carboxylic acids is 1. The SMILES string of the molecule is Cc1cc(C)n(-c2nc(Nc3ccc(Cl)cc3)cc(N[C@@H](C)C(N)=O)n2)n1. The fraction of sp³-hybridized carbons (Fsp3) is 0.222. The van der Waals surface area contributed by atoms with Crippen molar-refractivity contribution in [2.45, 2.75) is 26.8 Å². The van der Waals surface area contributed by atoms with Crippen molar-refractivity contribution < 1.29 is 4.79 Å². The van der Waals surface area contributed by atoms with Crippen molar-refractivity contribution in [1.29, 1.82) is 0 Å². The zero-order valence-corrected chi connectivity index (χ0v) is 15.9. The predicted octanol–water partition coefficient (Wildman–Crippen LogP) is 2.96. The van der Waals surface area contributed by atoms with Crippen LogP contribution >= 0.6 is 11.6 Å². The number of amides is 1. The van der Waals surface area contributed by atoms with E-state index in [-0.39, 0.29) is 0 Å². The Hall–Kier alpha value is -3.13. The molecule has 1 aromatic carbocycles. The van der Waals surface area contributed by atoms with Crippen LogP contribution in [0.1, 0.15) is 18.3 Å². The monoisotopic (exact) mass is 385 g/mol. The molecule has 0 saturated heterocycles. The van der Waals surface area contributed by atoms with Gasteiger partial charge >= 0.3 is 0 Å². The molecular weight excluding hydrogens is 366 g/mol. The summed E-state index contributed by atoms with van der Waals surface area (Å²) in [5.41, 5.74) is 7.90. The van der Waals surface area contributed by atoms with Crippen molar-refractivity contribution in [3.05, 3.63) is 52.8 Å². The first-order valence-corrected chi connectivity index (χ1v) is 8.71. The van der Waals surface area contributed by atoms with Gasteiger partial charge in [-0.15, -0.1) is 0 Å². The van der Waals surface area contributed by atoms with Gasteiger partial charge in [0, 0.05) is 22.5 Å². The number of carbonyl (C=O) groups is 1. The second-order valence-electron chi connectivity index (χ2n) is 6.18. The molecule has 8 nitrogen and oxygen atoms in total. The quantitative estimate of drug-likeness (QED) is 0.601. The van der Waals surface area contributed by atoms with Gasteiger partial charge in [-0.05, 0) is 51.1 Å². The van der Waals surface area contributed by atoms with Gasteiger partial charge < -0.3 is 16.4 Å². The van der Waals surface area contributed by atoms with Crippen molar-refractivity contribution in [3.63, 3.8) is 0 Å². The number of benzene rings is 1. The minimum atomic E-state index is -0.586. The van der Waals surface area contributed by atoms with Crippen molar-refractivity contribution in [3.8, 4) is 5.95 Å². The lowest BCUT2D eigenvalue weighted by Crippen LogP contribution is -2.33. The van der Waals surface area contributed by atoms with Crippen LogP contribution in [0, 0.1) is 13.8 Å². The highest BCUT2D eigenvalue weighted by atomic mass is 35.5. The van der Waals surface area contributed by atoms with E-state index in [0.29, 0.717) is 22.6 Å². The Morgan fingerprint density at radius 3 is 2.41 bits per heavy atom. The summed E-state index contributed by atoms with van der Waals surface area (Å²) >= 11 is 5.93. The lowest BCUT2D eigenvalue weighted by Gasteiger charge is -2.14. The fourth-order valence-electron chi connectivity index (χ4n) is 2.47. The molecule has 1 amide bonds. The normalized spacial score (nSPS) is 11.9. The van der Waals surface area contributed by atoms with Gasteiger partial charge in [-0.2, -0.15) is 15.1 Å². The maximum Gasteiger partial charge on any atom is 0.254 e. The summed E-state index contributed by atoms with van der Waals surface area (Å²) in [5, 5.41) is 11.3. The number of aryl methyl sites for hydroxylation is 2. The van der Waals surface area contributed by atoms with E-state index < -0.39 is 11.9 Å². The van der Waals surface area contributed by atoms with Crippen LogP contribution in [0.3, 0.4) is 0 Å².